The topological polar surface area (TPSA) is 62.7 Å². The number of carbonyl (C=O) groups is 1. The number of benzene rings is 1. The summed E-state index contributed by atoms with van der Waals surface area (Å²) >= 11 is 0. The number of methoxy groups -OCH3 is 1. The van der Waals surface area contributed by atoms with E-state index in [0.717, 1.165) is 30.6 Å². The summed E-state index contributed by atoms with van der Waals surface area (Å²) in [5.41, 5.74) is 1.55. The van der Waals surface area contributed by atoms with Gasteiger partial charge in [0.15, 0.2) is 5.96 Å². The molecule has 0 bridgehead atoms. The van der Waals surface area contributed by atoms with E-state index in [0.29, 0.717) is 5.96 Å². The van der Waals surface area contributed by atoms with Gasteiger partial charge in [0.1, 0.15) is 11.3 Å². The number of guanidine groups is 1. The molecule has 1 heterocycles. The highest BCUT2D eigenvalue weighted by Crippen LogP contribution is 2.38. The highest BCUT2D eigenvalue weighted by atomic mass is 16.5. The van der Waals surface area contributed by atoms with Crippen molar-refractivity contribution in [2.24, 2.45) is 4.99 Å². The first kappa shape index (κ1) is 12.0. The molecule has 1 unspecified atom stereocenters. The number of fused-ring (bicyclic) bond motifs is 2. The number of nitrogens with zero attached hydrogens (tertiary/aromatic N) is 1. The SMILES string of the molecule is CN=C1NC(=O)C2(CCCc3cc(OC)ccc32)N1. The quantitative estimate of drug-likeness (QED) is 0.788. The van der Waals surface area contributed by atoms with Gasteiger partial charge in [-0.25, -0.2) is 0 Å². The third-order valence-electron chi connectivity index (χ3n) is 3.95. The molecule has 5 nitrogen and oxygen atoms in total. The second kappa shape index (κ2) is 4.26. The third-order valence-corrected chi connectivity index (χ3v) is 3.95. The van der Waals surface area contributed by atoms with E-state index in [9.17, 15) is 4.79 Å². The minimum atomic E-state index is -0.658. The van der Waals surface area contributed by atoms with E-state index in [1.54, 1.807) is 14.2 Å². The molecule has 3 rings (SSSR count). The Morgan fingerprint density at radius 2 is 2.26 bits per heavy atom. The first-order valence-corrected chi connectivity index (χ1v) is 6.43. The standard InChI is InChI=1S/C14H17N3O2/c1-15-13-16-12(18)14(17-13)7-3-4-9-8-10(19-2)5-6-11(9)14/h5-6,8H,3-4,7H2,1-2H3,(H2,15,16,17,18). The highest BCUT2D eigenvalue weighted by Gasteiger charge is 2.48. The van der Waals surface area contributed by atoms with E-state index in [4.69, 9.17) is 4.74 Å². The normalized spacial score (nSPS) is 27.1. The lowest BCUT2D eigenvalue weighted by molar-refractivity contribution is -0.124. The Labute approximate surface area is 112 Å². The molecule has 1 fully saturated rings. The lowest BCUT2D eigenvalue weighted by Gasteiger charge is -2.33. The number of amides is 1. The number of aliphatic imine (C=N–C) groups is 1. The number of ether oxygens (including phenoxy) is 1. The summed E-state index contributed by atoms with van der Waals surface area (Å²) in [6, 6.07) is 5.91. The molecule has 19 heavy (non-hydrogen) atoms. The Morgan fingerprint density at radius 3 is 2.95 bits per heavy atom. The van der Waals surface area contributed by atoms with Crippen molar-refractivity contribution in [3.8, 4) is 5.75 Å². The number of rotatable bonds is 1. The van der Waals surface area contributed by atoms with Crippen LogP contribution in [-0.4, -0.2) is 26.0 Å². The number of hydrogen-bond donors (Lipinski definition) is 2. The van der Waals surface area contributed by atoms with Gasteiger partial charge in [0.25, 0.3) is 5.91 Å². The van der Waals surface area contributed by atoms with Crippen LogP contribution in [-0.2, 0) is 16.8 Å². The van der Waals surface area contributed by atoms with Gasteiger partial charge in [-0.3, -0.25) is 15.1 Å². The average molecular weight is 259 g/mol. The van der Waals surface area contributed by atoms with E-state index < -0.39 is 5.54 Å². The van der Waals surface area contributed by atoms with Crippen molar-refractivity contribution in [2.75, 3.05) is 14.2 Å². The summed E-state index contributed by atoms with van der Waals surface area (Å²) < 4.78 is 5.26. The molecule has 2 N–H and O–H groups in total. The van der Waals surface area contributed by atoms with E-state index in [1.807, 2.05) is 18.2 Å². The minimum absolute atomic E-state index is 0.0146. The molecule has 2 aliphatic rings. The van der Waals surface area contributed by atoms with Crippen LogP contribution in [0.15, 0.2) is 23.2 Å². The molecular formula is C14H17N3O2. The molecule has 1 aromatic rings. The lowest BCUT2D eigenvalue weighted by Crippen LogP contribution is -2.46. The number of carbonyl (C=O) groups excluding carboxylic acids is 1. The predicted octanol–water partition coefficient (Wildman–Crippen LogP) is 0.932. The van der Waals surface area contributed by atoms with Crippen LogP contribution < -0.4 is 15.4 Å². The molecule has 1 saturated heterocycles. The Kier molecular flexibility index (Phi) is 2.69. The van der Waals surface area contributed by atoms with Crippen molar-refractivity contribution in [1.82, 2.24) is 10.6 Å². The van der Waals surface area contributed by atoms with Crippen LogP contribution in [0, 0.1) is 0 Å². The van der Waals surface area contributed by atoms with E-state index in [1.165, 1.54) is 5.56 Å². The van der Waals surface area contributed by atoms with Crippen molar-refractivity contribution in [2.45, 2.75) is 24.8 Å². The van der Waals surface area contributed by atoms with E-state index in [-0.39, 0.29) is 5.91 Å². The largest absolute Gasteiger partial charge is 0.497 e. The second-order valence-corrected chi connectivity index (χ2v) is 4.93. The van der Waals surface area contributed by atoms with Crippen LogP contribution in [0.25, 0.3) is 0 Å². The second-order valence-electron chi connectivity index (χ2n) is 4.93. The molecule has 0 aromatic heterocycles. The van der Waals surface area contributed by atoms with Gasteiger partial charge in [-0.05, 0) is 42.5 Å². The van der Waals surface area contributed by atoms with E-state index in [2.05, 4.69) is 15.6 Å². The van der Waals surface area contributed by atoms with Crippen LogP contribution in [0.2, 0.25) is 0 Å². The van der Waals surface area contributed by atoms with Crippen LogP contribution in [0.5, 0.6) is 5.75 Å². The Bertz CT molecular complexity index is 568. The predicted molar refractivity (Wildman–Crippen MR) is 72.2 cm³/mol. The maximum absolute atomic E-state index is 12.4. The molecule has 1 spiro atoms. The molecule has 0 saturated carbocycles. The number of hydrogen-bond acceptors (Lipinski definition) is 3. The zero-order valence-corrected chi connectivity index (χ0v) is 11.1. The van der Waals surface area contributed by atoms with Crippen molar-refractivity contribution in [3.05, 3.63) is 29.3 Å². The van der Waals surface area contributed by atoms with E-state index >= 15 is 0 Å². The summed E-state index contributed by atoms with van der Waals surface area (Å²) in [4.78, 5) is 16.4. The summed E-state index contributed by atoms with van der Waals surface area (Å²) in [7, 11) is 3.32. The summed E-state index contributed by atoms with van der Waals surface area (Å²) in [6.45, 7) is 0. The van der Waals surface area contributed by atoms with Crippen LogP contribution >= 0.6 is 0 Å². The van der Waals surface area contributed by atoms with Gasteiger partial charge in [0.05, 0.1) is 7.11 Å². The molecule has 100 valence electrons. The zero-order chi connectivity index (χ0) is 13.5. The van der Waals surface area contributed by atoms with Gasteiger partial charge >= 0.3 is 0 Å². The molecule has 0 radical (unpaired) electrons. The molecule has 5 heteroatoms. The van der Waals surface area contributed by atoms with Gasteiger partial charge in [-0.15, -0.1) is 0 Å². The minimum Gasteiger partial charge on any atom is -0.497 e. The van der Waals surface area contributed by atoms with Crippen LogP contribution in [0.4, 0.5) is 0 Å². The molecule has 1 amide bonds. The molecule has 1 aliphatic heterocycles. The zero-order valence-electron chi connectivity index (χ0n) is 11.1. The van der Waals surface area contributed by atoms with Gasteiger partial charge in [0.2, 0.25) is 0 Å². The van der Waals surface area contributed by atoms with Crippen molar-refractivity contribution in [3.63, 3.8) is 0 Å². The fourth-order valence-electron chi connectivity index (χ4n) is 2.98. The number of nitrogens with one attached hydrogen (secondary N) is 2. The van der Waals surface area contributed by atoms with Gasteiger partial charge < -0.3 is 10.1 Å². The van der Waals surface area contributed by atoms with Gasteiger partial charge in [-0.1, -0.05) is 6.07 Å². The van der Waals surface area contributed by atoms with Gasteiger partial charge in [0, 0.05) is 7.05 Å². The number of aryl methyl sites for hydroxylation is 1. The third kappa shape index (κ3) is 1.69. The monoisotopic (exact) mass is 259 g/mol. The fraction of sp³-hybridized carbons (Fsp3) is 0.429. The summed E-state index contributed by atoms with van der Waals surface area (Å²) in [6.07, 6.45) is 2.73. The molecule has 1 aromatic carbocycles. The maximum Gasteiger partial charge on any atom is 0.257 e. The first-order chi connectivity index (χ1) is 9.19. The highest BCUT2D eigenvalue weighted by molar-refractivity contribution is 6.09. The van der Waals surface area contributed by atoms with Gasteiger partial charge in [-0.2, -0.15) is 0 Å². The maximum atomic E-state index is 12.4. The summed E-state index contributed by atoms with van der Waals surface area (Å²) in [5, 5.41) is 6.05. The molecule has 1 atom stereocenters. The lowest BCUT2D eigenvalue weighted by atomic mass is 9.76. The van der Waals surface area contributed by atoms with Crippen LogP contribution in [0.3, 0.4) is 0 Å². The average Bonchev–Trinajstić information content (AvgIpc) is 2.76. The Morgan fingerprint density at radius 1 is 1.42 bits per heavy atom. The Balaban J connectivity index is 2.10. The molecule has 1 aliphatic carbocycles. The first-order valence-electron chi connectivity index (χ1n) is 6.43. The van der Waals surface area contributed by atoms with Crippen molar-refractivity contribution in [1.29, 1.82) is 0 Å². The Hall–Kier alpha value is -2.04. The van der Waals surface area contributed by atoms with Crippen LogP contribution in [0.1, 0.15) is 24.0 Å². The molecular weight excluding hydrogens is 242 g/mol. The fourth-order valence-corrected chi connectivity index (χ4v) is 2.98. The van der Waals surface area contributed by atoms with Crippen molar-refractivity contribution < 1.29 is 9.53 Å². The summed E-state index contributed by atoms with van der Waals surface area (Å²) in [5.74, 6) is 1.37. The van der Waals surface area contributed by atoms with Crippen molar-refractivity contribution >= 4 is 11.9 Å². The smallest absolute Gasteiger partial charge is 0.257 e.